The van der Waals surface area contributed by atoms with Crippen molar-refractivity contribution in [2.45, 2.75) is 26.5 Å². The lowest BCUT2D eigenvalue weighted by Crippen LogP contribution is -2.29. The predicted octanol–water partition coefficient (Wildman–Crippen LogP) is 7.88. The molecule has 10 nitrogen and oxygen atoms in total. The van der Waals surface area contributed by atoms with Crippen LogP contribution in [0.15, 0.2) is 97.2 Å². The molecule has 0 spiro atoms. The molecule has 1 saturated heterocycles. The minimum atomic E-state index is -3.90. The predicted molar refractivity (Wildman–Crippen MR) is 194 cm³/mol. The Bertz CT molecular complexity index is 2170. The first-order chi connectivity index (χ1) is 23.4. The molecule has 2 amide bonds. The fourth-order valence-corrected chi connectivity index (χ4v) is 6.91. The summed E-state index contributed by atoms with van der Waals surface area (Å²) >= 11 is 12.7. The van der Waals surface area contributed by atoms with Gasteiger partial charge >= 0.3 is 16.3 Å². The van der Waals surface area contributed by atoms with Gasteiger partial charge in [-0.15, -0.1) is 0 Å². The number of hydrogen-bond acceptors (Lipinski definition) is 6. The van der Waals surface area contributed by atoms with Gasteiger partial charge in [0.1, 0.15) is 12.4 Å². The summed E-state index contributed by atoms with van der Waals surface area (Å²) in [5.41, 5.74) is 6.16. The highest BCUT2D eigenvalue weighted by atomic mass is 35.5. The van der Waals surface area contributed by atoms with E-state index in [-0.39, 0.29) is 12.6 Å². The normalized spacial score (nSPS) is 14.0. The number of ether oxygens (including phenoxy) is 1. The van der Waals surface area contributed by atoms with Crippen LogP contribution in [0.2, 0.25) is 10.0 Å². The van der Waals surface area contributed by atoms with Gasteiger partial charge in [-0.1, -0.05) is 77.8 Å². The molecule has 49 heavy (non-hydrogen) atoms. The Morgan fingerprint density at radius 2 is 1.73 bits per heavy atom. The number of aromatic nitrogens is 2. The van der Waals surface area contributed by atoms with Crippen LogP contribution in [0.5, 0.6) is 0 Å². The molecule has 1 aromatic heterocycles. The van der Waals surface area contributed by atoms with Crippen molar-refractivity contribution < 1.29 is 22.7 Å². The standard InChI is InChI=1S/C36H31Cl2N5O5S/c1-23(2)48-36(45)39-29-5-3-4-27(18-29)26-11-6-24(7-12-26)10-17-34-40-33(31-16-13-28(37)19-32(31)38)21-42(34)20-25-8-14-30(15-9-25)43-22-35(44)41-49(43,46)47/h3-19,21,23H,20,22H2,1-2H3,(H,39,45)(H,41,44)/b17-10+. The van der Waals surface area contributed by atoms with Crippen molar-refractivity contribution >= 4 is 68.9 Å². The van der Waals surface area contributed by atoms with Crippen LogP contribution in [0.4, 0.5) is 16.2 Å². The third-order valence-corrected chi connectivity index (χ3v) is 9.49. The van der Waals surface area contributed by atoms with E-state index in [0.717, 1.165) is 32.1 Å². The van der Waals surface area contributed by atoms with Crippen molar-refractivity contribution in [2.24, 2.45) is 0 Å². The van der Waals surface area contributed by atoms with Gasteiger partial charge in [0, 0.05) is 29.0 Å². The molecule has 0 saturated carbocycles. The lowest BCUT2D eigenvalue weighted by molar-refractivity contribution is -0.117. The maximum atomic E-state index is 12.3. The van der Waals surface area contributed by atoms with Gasteiger partial charge < -0.3 is 9.30 Å². The molecule has 0 atom stereocenters. The fourth-order valence-electron chi connectivity index (χ4n) is 5.25. The van der Waals surface area contributed by atoms with Crippen LogP contribution in [0.1, 0.15) is 30.8 Å². The second-order valence-electron chi connectivity index (χ2n) is 11.6. The van der Waals surface area contributed by atoms with Crippen molar-refractivity contribution in [3.8, 4) is 22.4 Å². The monoisotopic (exact) mass is 715 g/mol. The van der Waals surface area contributed by atoms with E-state index in [4.69, 9.17) is 32.9 Å². The van der Waals surface area contributed by atoms with E-state index in [1.807, 2.05) is 94.4 Å². The molecule has 2 heterocycles. The number of rotatable bonds is 9. The Balaban J connectivity index is 1.24. The molecule has 1 aliphatic heterocycles. The molecule has 0 radical (unpaired) electrons. The van der Waals surface area contributed by atoms with Crippen molar-refractivity contribution in [1.29, 1.82) is 0 Å². The van der Waals surface area contributed by atoms with Crippen LogP contribution >= 0.6 is 23.2 Å². The number of anilines is 2. The van der Waals surface area contributed by atoms with E-state index >= 15 is 0 Å². The highest BCUT2D eigenvalue weighted by molar-refractivity contribution is 7.92. The van der Waals surface area contributed by atoms with Gasteiger partial charge in [-0.3, -0.25) is 10.1 Å². The van der Waals surface area contributed by atoms with Crippen LogP contribution < -0.4 is 14.3 Å². The van der Waals surface area contributed by atoms with E-state index in [9.17, 15) is 18.0 Å². The Labute approximate surface area is 294 Å². The number of carbonyl (C=O) groups excluding carboxylic acids is 2. The number of halogens is 2. The SMILES string of the molecule is CC(C)OC(=O)Nc1cccc(-c2ccc(/C=C/c3nc(-c4ccc(Cl)cc4Cl)cn3Cc3ccc(N4CC(=O)NS4(=O)=O)cc3)cc2)c1. The lowest BCUT2D eigenvalue weighted by Gasteiger charge is -2.15. The first-order valence-corrected chi connectivity index (χ1v) is 17.4. The largest absolute Gasteiger partial charge is 0.447 e. The summed E-state index contributed by atoms with van der Waals surface area (Å²) in [5.74, 6) is 0.0901. The maximum absolute atomic E-state index is 12.3. The molecule has 6 rings (SSSR count). The Hall–Kier alpha value is -5.10. The van der Waals surface area contributed by atoms with Crippen molar-refractivity contribution in [1.82, 2.24) is 14.3 Å². The fraction of sp³-hybridized carbons (Fsp3) is 0.139. The van der Waals surface area contributed by atoms with E-state index in [1.165, 1.54) is 0 Å². The zero-order chi connectivity index (χ0) is 34.7. The molecule has 0 bridgehead atoms. The molecular formula is C36H31Cl2N5O5S. The molecule has 5 aromatic rings. The van der Waals surface area contributed by atoms with E-state index in [2.05, 4.69) is 5.32 Å². The molecule has 4 aromatic carbocycles. The summed E-state index contributed by atoms with van der Waals surface area (Å²) in [7, 11) is -3.90. The lowest BCUT2D eigenvalue weighted by atomic mass is 10.0. The summed E-state index contributed by atoms with van der Waals surface area (Å²) in [6.45, 7) is 3.75. The quantitative estimate of drug-likeness (QED) is 0.160. The van der Waals surface area contributed by atoms with Gasteiger partial charge in [0.15, 0.2) is 0 Å². The first kappa shape index (κ1) is 33.8. The highest BCUT2D eigenvalue weighted by Gasteiger charge is 2.33. The van der Waals surface area contributed by atoms with Crippen LogP contribution in [-0.2, 0) is 26.3 Å². The molecule has 1 fully saturated rings. The van der Waals surface area contributed by atoms with Gasteiger partial charge in [0.2, 0.25) is 0 Å². The van der Waals surface area contributed by atoms with E-state index in [0.29, 0.717) is 39.5 Å². The van der Waals surface area contributed by atoms with Crippen molar-refractivity contribution in [2.75, 3.05) is 16.2 Å². The number of nitrogens with zero attached hydrogens (tertiary/aromatic N) is 3. The second-order valence-corrected chi connectivity index (χ2v) is 14.0. The Kier molecular flexibility index (Phi) is 9.77. The van der Waals surface area contributed by atoms with Crippen molar-refractivity contribution in [3.63, 3.8) is 0 Å². The number of amides is 2. The van der Waals surface area contributed by atoms with Crippen LogP contribution in [0.3, 0.4) is 0 Å². The van der Waals surface area contributed by atoms with Gasteiger partial charge in [-0.2, -0.15) is 8.42 Å². The topological polar surface area (TPSA) is 123 Å². The van der Waals surface area contributed by atoms with Crippen LogP contribution in [0, 0.1) is 0 Å². The van der Waals surface area contributed by atoms with E-state index in [1.54, 1.807) is 38.1 Å². The molecule has 13 heteroatoms. The maximum Gasteiger partial charge on any atom is 0.411 e. The summed E-state index contributed by atoms with van der Waals surface area (Å²) in [6, 6.07) is 27.7. The zero-order valence-electron chi connectivity index (χ0n) is 26.4. The zero-order valence-corrected chi connectivity index (χ0v) is 28.8. The Morgan fingerprint density at radius 3 is 2.41 bits per heavy atom. The van der Waals surface area contributed by atoms with Gasteiger partial charge in [0.05, 0.1) is 22.5 Å². The number of imidazole rings is 1. The average molecular weight is 717 g/mol. The molecule has 1 aliphatic rings. The third-order valence-electron chi connectivity index (χ3n) is 7.53. The van der Waals surface area contributed by atoms with Gasteiger partial charge in [-0.25, -0.2) is 18.8 Å². The number of nitrogens with one attached hydrogen (secondary N) is 2. The Morgan fingerprint density at radius 1 is 0.980 bits per heavy atom. The highest BCUT2D eigenvalue weighted by Crippen LogP contribution is 2.31. The van der Waals surface area contributed by atoms with E-state index < -0.39 is 22.2 Å². The third kappa shape index (κ3) is 8.14. The first-order valence-electron chi connectivity index (χ1n) is 15.2. The number of benzene rings is 4. The number of hydrogen-bond donors (Lipinski definition) is 2. The summed E-state index contributed by atoms with van der Waals surface area (Å²) in [6.07, 6.45) is 5.05. The summed E-state index contributed by atoms with van der Waals surface area (Å²) in [5, 5.41) is 3.75. The molecule has 0 unspecified atom stereocenters. The second kappa shape index (κ2) is 14.2. The average Bonchev–Trinajstić information content (AvgIpc) is 3.57. The van der Waals surface area contributed by atoms with Crippen LogP contribution in [0.25, 0.3) is 34.5 Å². The van der Waals surface area contributed by atoms with Crippen LogP contribution in [-0.4, -0.2) is 42.6 Å². The minimum absolute atomic E-state index is 0.218. The molecular weight excluding hydrogens is 685 g/mol. The molecule has 2 N–H and O–H groups in total. The number of carbonyl (C=O) groups is 2. The summed E-state index contributed by atoms with van der Waals surface area (Å²) in [4.78, 5) is 28.6. The molecule has 0 aliphatic carbocycles. The smallest absolute Gasteiger partial charge is 0.411 e. The summed E-state index contributed by atoms with van der Waals surface area (Å²) < 4.78 is 34.7. The minimum Gasteiger partial charge on any atom is -0.447 e. The van der Waals surface area contributed by atoms with Crippen molar-refractivity contribution in [3.05, 3.63) is 124 Å². The van der Waals surface area contributed by atoms with Gasteiger partial charge in [0.25, 0.3) is 5.91 Å². The molecule has 250 valence electrons. The van der Waals surface area contributed by atoms with Gasteiger partial charge in [-0.05, 0) is 84.6 Å².